The van der Waals surface area contributed by atoms with Gasteiger partial charge in [-0.1, -0.05) is 17.7 Å². The topological polar surface area (TPSA) is 23.5 Å². The average molecular weight is 258 g/mol. The molecule has 94 valence electrons. The highest BCUT2D eigenvalue weighted by molar-refractivity contribution is 6.31. The van der Waals surface area contributed by atoms with Gasteiger partial charge in [-0.2, -0.15) is 0 Å². The average Bonchev–Trinajstić information content (AvgIpc) is 2.20. The Morgan fingerprint density at radius 3 is 2.76 bits per heavy atom. The lowest BCUT2D eigenvalue weighted by molar-refractivity contribution is 0.0274. The van der Waals surface area contributed by atoms with E-state index in [0.29, 0.717) is 17.5 Å². The van der Waals surface area contributed by atoms with Gasteiger partial charge >= 0.3 is 0 Å². The van der Waals surface area contributed by atoms with Crippen molar-refractivity contribution in [2.24, 2.45) is 5.92 Å². The van der Waals surface area contributed by atoms with Gasteiger partial charge in [-0.15, -0.1) is 0 Å². The van der Waals surface area contributed by atoms with Crippen LogP contribution >= 0.6 is 11.6 Å². The molecule has 0 radical (unpaired) electrons. The molecule has 0 aromatic heterocycles. The Hall–Kier alpha value is -0.640. The molecule has 0 unspecified atom stereocenters. The molecular formula is C13H17ClFNO. The third-order valence-corrected chi connectivity index (χ3v) is 3.59. The van der Waals surface area contributed by atoms with Gasteiger partial charge in [0, 0.05) is 18.1 Å². The lowest BCUT2D eigenvalue weighted by atomic mass is 9.82. The summed E-state index contributed by atoms with van der Waals surface area (Å²) in [5.74, 6) is 0.276. The molecule has 1 saturated carbocycles. The van der Waals surface area contributed by atoms with E-state index < -0.39 is 0 Å². The Morgan fingerprint density at radius 2 is 2.18 bits per heavy atom. The molecule has 1 fully saturated rings. The summed E-state index contributed by atoms with van der Waals surface area (Å²) in [5, 5.41) is 9.69. The first-order valence-corrected chi connectivity index (χ1v) is 6.23. The normalized spacial score (nSPS) is 23.8. The summed E-state index contributed by atoms with van der Waals surface area (Å²) in [4.78, 5) is 2.16. The number of hydrogen-bond acceptors (Lipinski definition) is 2. The molecule has 1 aliphatic rings. The van der Waals surface area contributed by atoms with Crippen molar-refractivity contribution in [1.29, 1.82) is 0 Å². The van der Waals surface area contributed by atoms with Crippen molar-refractivity contribution < 1.29 is 9.50 Å². The maximum absolute atomic E-state index is 12.9. The molecule has 1 aromatic carbocycles. The molecule has 0 heterocycles. The van der Waals surface area contributed by atoms with Gasteiger partial charge in [-0.05, 0) is 43.5 Å². The van der Waals surface area contributed by atoms with Crippen molar-refractivity contribution in [2.75, 3.05) is 13.6 Å². The van der Waals surface area contributed by atoms with Crippen molar-refractivity contribution in [3.63, 3.8) is 0 Å². The third-order valence-electron chi connectivity index (χ3n) is 3.24. The number of hydrogen-bond donors (Lipinski definition) is 1. The fourth-order valence-corrected chi connectivity index (χ4v) is 2.52. The molecule has 2 rings (SSSR count). The Labute approximate surface area is 106 Å². The van der Waals surface area contributed by atoms with E-state index in [1.54, 1.807) is 6.07 Å². The monoisotopic (exact) mass is 257 g/mol. The predicted molar refractivity (Wildman–Crippen MR) is 66.5 cm³/mol. The molecule has 17 heavy (non-hydrogen) atoms. The van der Waals surface area contributed by atoms with E-state index in [1.165, 1.54) is 12.1 Å². The fraction of sp³-hybridized carbons (Fsp3) is 0.538. The standard InChI is InChI=1S/C13H17ClFNO/c1-16(7-9-4-12(17)5-9)8-10-2-3-11(15)6-13(10)14/h2-3,6,9,12,17H,4-5,7-8H2,1H3. The molecule has 1 aliphatic carbocycles. The van der Waals surface area contributed by atoms with Gasteiger partial charge in [-0.3, -0.25) is 0 Å². The van der Waals surface area contributed by atoms with Gasteiger partial charge in [0.05, 0.1) is 6.10 Å². The van der Waals surface area contributed by atoms with Gasteiger partial charge < -0.3 is 10.0 Å². The molecule has 2 nitrogen and oxygen atoms in total. The van der Waals surface area contributed by atoms with Crippen LogP contribution in [0.25, 0.3) is 0 Å². The smallest absolute Gasteiger partial charge is 0.124 e. The van der Waals surface area contributed by atoms with Gasteiger partial charge in [0.15, 0.2) is 0 Å². The van der Waals surface area contributed by atoms with E-state index in [0.717, 1.165) is 24.9 Å². The Bertz CT molecular complexity index is 393. The molecule has 0 aliphatic heterocycles. The van der Waals surface area contributed by atoms with Crippen LogP contribution in [-0.4, -0.2) is 29.7 Å². The first-order valence-electron chi connectivity index (χ1n) is 5.85. The largest absolute Gasteiger partial charge is 0.393 e. The minimum atomic E-state index is -0.302. The van der Waals surface area contributed by atoms with Crippen LogP contribution < -0.4 is 0 Å². The number of aliphatic hydroxyl groups excluding tert-OH is 1. The predicted octanol–water partition coefficient (Wildman–Crippen LogP) is 2.68. The Morgan fingerprint density at radius 1 is 1.47 bits per heavy atom. The summed E-state index contributed by atoms with van der Waals surface area (Å²) < 4.78 is 12.9. The van der Waals surface area contributed by atoms with Crippen molar-refractivity contribution in [2.45, 2.75) is 25.5 Å². The summed E-state index contributed by atoms with van der Waals surface area (Å²) in [6, 6.07) is 4.50. The van der Waals surface area contributed by atoms with Crippen molar-refractivity contribution in [1.82, 2.24) is 4.90 Å². The van der Waals surface area contributed by atoms with Crippen LogP contribution in [-0.2, 0) is 6.54 Å². The molecule has 0 amide bonds. The summed E-state index contributed by atoms with van der Waals surface area (Å²) in [5.41, 5.74) is 0.940. The summed E-state index contributed by atoms with van der Waals surface area (Å²) in [7, 11) is 2.02. The van der Waals surface area contributed by atoms with E-state index >= 15 is 0 Å². The van der Waals surface area contributed by atoms with Crippen molar-refractivity contribution in [3.05, 3.63) is 34.6 Å². The minimum absolute atomic E-state index is 0.109. The highest BCUT2D eigenvalue weighted by Crippen LogP contribution is 2.28. The van der Waals surface area contributed by atoms with E-state index in [4.69, 9.17) is 11.6 Å². The lowest BCUT2D eigenvalue weighted by Crippen LogP contribution is -2.36. The second-order valence-corrected chi connectivity index (χ2v) is 5.33. The summed E-state index contributed by atoms with van der Waals surface area (Å²) in [6.07, 6.45) is 1.67. The van der Waals surface area contributed by atoms with E-state index in [-0.39, 0.29) is 11.9 Å². The van der Waals surface area contributed by atoms with Crippen LogP contribution in [0.3, 0.4) is 0 Å². The summed E-state index contributed by atoms with van der Waals surface area (Å²) >= 11 is 5.97. The first-order chi connectivity index (χ1) is 8.04. The number of aliphatic hydroxyl groups is 1. The van der Waals surface area contributed by atoms with E-state index in [2.05, 4.69) is 4.90 Å². The first kappa shape index (κ1) is 12.8. The van der Waals surface area contributed by atoms with Crippen LogP contribution in [0.5, 0.6) is 0 Å². The number of benzene rings is 1. The molecule has 4 heteroatoms. The zero-order chi connectivity index (χ0) is 12.4. The Kier molecular flexibility index (Phi) is 4.02. The molecule has 0 bridgehead atoms. The molecule has 0 saturated heterocycles. The molecular weight excluding hydrogens is 241 g/mol. The van der Waals surface area contributed by atoms with E-state index in [1.807, 2.05) is 7.05 Å². The molecule has 0 atom stereocenters. The van der Waals surface area contributed by atoms with Gasteiger partial charge in [0.2, 0.25) is 0 Å². The maximum Gasteiger partial charge on any atom is 0.124 e. The highest BCUT2D eigenvalue weighted by Gasteiger charge is 2.27. The lowest BCUT2D eigenvalue weighted by Gasteiger charge is -2.34. The zero-order valence-electron chi connectivity index (χ0n) is 9.87. The maximum atomic E-state index is 12.9. The highest BCUT2D eigenvalue weighted by atomic mass is 35.5. The fourth-order valence-electron chi connectivity index (χ4n) is 2.30. The van der Waals surface area contributed by atoms with Gasteiger partial charge in [0.25, 0.3) is 0 Å². The molecule has 0 spiro atoms. The van der Waals surface area contributed by atoms with Gasteiger partial charge in [0.1, 0.15) is 5.82 Å². The van der Waals surface area contributed by atoms with Crippen LogP contribution in [0.2, 0.25) is 5.02 Å². The van der Waals surface area contributed by atoms with Gasteiger partial charge in [-0.25, -0.2) is 4.39 Å². The second-order valence-electron chi connectivity index (χ2n) is 4.92. The van der Waals surface area contributed by atoms with Crippen molar-refractivity contribution >= 4 is 11.6 Å². The van der Waals surface area contributed by atoms with E-state index in [9.17, 15) is 9.50 Å². The SMILES string of the molecule is CN(Cc1ccc(F)cc1Cl)CC1CC(O)C1. The second kappa shape index (κ2) is 5.34. The quantitative estimate of drug-likeness (QED) is 0.897. The zero-order valence-corrected chi connectivity index (χ0v) is 10.6. The Balaban J connectivity index is 1.87. The van der Waals surface area contributed by atoms with Crippen LogP contribution in [0.1, 0.15) is 18.4 Å². The molecule has 1 N–H and O–H groups in total. The number of halogens is 2. The van der Waals surface area contributed by atoms with Crippen LogP contribution in [0, 0.1) is 11.7 Å². The van der Waals surface area contributed by atoms with Crippen molar-refractivity contribution in [3.8, 4) is 0 Å². The van der Waals surface area contributed by atoms with Crippen LogP contribution in [0.4, 0.5) is 4.39 Å². The third kappa shape index (κ3) is 3.41. The van der Waals surface area contributed by atoms with Crippen LogP contribution in [0.15, 0.2) is 18.2 Å². The summed E-state index contributed by atoms with van der Waals surface area (Å²) in [6.45, 7) is 1.66. The minimum Gasteiger partial charge on any atom is -0.393 e. The number of nitrogens with zero attached hydrogens (tertiary/aromatic N) is 1. The molecule has 1 aromatic rings. The number of rotatable bonds is 4.